The van der Waals surface area contributed by atoms with Crippen LogP contribution in [0.2, 0.25) is 0 Å². The highest BCUT2D eigenvalue weighted by atomic mass is 16.1. The first-order chi connectivity index (χ1) is 12.0. The summed E-state index contributed by atoms with van der Waals surface area (Å²) in [5.74, 6) is 1.19. The van der Waals surface area contributed by atoms with Crippen molar-refractivity contribution in [2.45, 2.75) is 90.4 Å². The van der Waals surface area contributed by atoms with Gasteiger partial charge in [-0.3, -0.25) is 4.79 Å². The molecule has 3 aliphatic rings. The monoisotopic (exact) mass is 338 g/mol. The number of ketones is 1. The van der Waals surface area contributed by atoms with E-state index in [2.05, 4.69) is 32.0 Å². The topological polar surface area (TPSA) is 17.1 Å². The van der Waals surface area contributed by atoms with E-state index in [0.717, 1.165) is 12.0 Å². The SMILES string of the molecule is CC1(C2(C)CCC3C(=O)c4ccccc4C3CC2)CCCCCCC1. The molecule has 3 atom stereocenters. The molecular weight excluding hydrogens is 304 g/mol. The largest absolute Gasteiger partial charge is 0.294 e. The standard InChI is InChI=1S/C24H34O/c1-23(14-8-4-3-5-9-15-23)24(2)16-12-19-18-10-6-7-11-20(18)22(25)21(19)13-17-24/h6-7,10-11,19,21H,3-5,8-9,12-17H2,1-2H3. The van der Waals surface area contributed by atoms with Crippen LogP contribution in [0.25, 0.3) is 0 Å². The molecule has 3 aliphatic carbocycles. The number of benzene rings is 1. The molecule has 0 spiro atoms. The summed E-state index contributed by atoms with van der Waals surface area (Å²) in [6.45, 7) is 5.14. The minimum atomic E-state index is 0.261. The third-order valence-electron chi connectivity index (χ3n) is 8.38. The lowest BCUT2D eigenvalue weighted by atomic mass is 9.57. The Morgan fingerprint density at radius 1 is 0.760 bits per heavy atom. The molecule has 1 nitrogen and oxygen atoms in total. The fraction of sp³-hybridized carbons (Fsp3) is 0.708. The Morgan fingerprint density at radius 3 is 2.04 bits per heavy atom. The van der Waals surface area contributed by atoms with Gasteiger partial charge in [0.25, 0.3) is 0 Å². The molecule has 1 heteroatoms. The number of rotatable bonds is 1. The summed E-state index contributed by atoms with van der Waals surface area (Å²) in [6, 6.07) is 8.43. The molecule has 2 fully saturated rings. The van der Waals surface area contributed by atoms with Crippen molar-refractivity contribution < 1.29 is 4.79 Å². The van der Waals surface area contributed by atoms with Crippen LogP contribution in [0.15, 0.2) is 24.3 Å². The Kier molecular flexibility index (Phi) is 4.54. The van der Waals surface area contributed by atoms with Gasteiger partial charge in [0.15, 0.2) is 5.78 Å². The zero-order valence-corrected chi connectivity index (χ0v) is 16.2. The van der Waals surface area contributed by atoms with Gasteiger partial charge < -0.3 is 0 Å². The van der Waals surface area contributed by atoms with Gasteiger partial charge in [0.2, 0.25) is 0 Å². The Balaban J connectivity index is 1.58. The molecule has 1 aromatic carbocycles. The fourth-order valence-corrected chi connectivity index (χ4v) is 6.30. The normalized spacial score (nSPS) is 35.2. The lowest BCUT2D eigenvalue weighted by molar-refractivity contribution is 0.0229. The highest BCUT2D eigenvalue weighted by Gasteiger charge is 2.49. The second-order valence-corrected chi connectivity index (χ2v) is 9.63. The number of Topliss-reactive ketones (excluding diaryl/α,β-unsaturated/α-hetero) is 1. The molecule has 0 saturated heterocycles. The van der Waals surface area contributed by atoms with Gasteiger partial charge in [0.1, 0.15) is 0 Å². The zero-order valence-electron chi connectivity index (χ0n) is 16.2. The predicted octanol–water partition coefficient (Wildman–Crippen LogP) is 6.91. The Hall–Kier alpha value is -1.11. The van der Waals surface area contributed by atoms with Crippen molar-refractivity contribution in [1.29, 1.82) is 0 Å². The van der Waals surface area contributed by atoms with Crippen LogP contribution in [0.3, 0.4) is 0 Å². The molecule has 0 aromatic heterocycles. The highest BCUT2D eigenvalue weighted by Crippen LogP contribution is 2.58. The average Bonchev–Trinajstić information content (AvgIpc) is 2.74. The smallest absolute Gasteiger partial charge is 0.166 e. The van der Waals surface area contributed by atoms with Crippen LogP contribution >= 0.6 is 0 Å². The maximum absolute atomic E-state index is 13.0. The molecule has 25 heavy (non-hydrogen) atoms. The molecule has 0 N–H and O–H groups in total. The first kappa shape index (κ1) is 17.3. The van der Waals surface area contributed by atoms with E-state index in [1.807, 2.05) is 6.07 Å². The van der Waals surface area contributed by atoms with Crippen LogP contribution in [0.1, 0.15) is 106 Å². The van der Waals surface area contributed by atoms with Crippen molar-refractivity contribution in [1.82, 2.24) is 0 Å². The third-order valence-corrected chi connectivity index (χ3v) is 8.38. The van der Waals surface area contributed by atoms with E-state index in [1.54, 1.807) is 0 Å². The molecule has 3 unspecified atom stereocenters. The summed E-state index contributed by atoms with van der Waals surface area (Å²) in [7, 11) is 0. The molecule has 4 rings (SSSR count). The molecule has 1 aromatic rings. The molecule has 0 heterocycles. The van der Waals surface area contributed by atoms with Crippen LogP contribution < -0.4 is 0 Å². The van der Waals surface area contributed by atoms with Gasteiger partial charge in [0.05, 0.1) is 0 Å². The predicted molar refractivity (Wildman–Crippen MR) is 104 cm³/mol. The number of carbonyl (C=O) groups is 1. The fourth-order valence-electron chi connectivity index (χ4n) is 6.30. The summed E-state index contributed by atoms with van der Waals surface area (Å²) >= 11 is 0. The van der Waals surface area contributed by atoms with Crippen LogP contribution in [0.5, 0.6) is 0 Å². The maximum atomic E-state index is 13.0. The Morgan fingerprint density at radius 2 is 1.32 bits per heavy atom. The number of hydrogen-bond acceptors (Lipinski definition) is 1. The molecule has 2 saturated carbocycles. The number of carbonyl (C=O) groups excluding carboxylic acids is 1. The Bertz CT molecular complexity index is 637. The molecule has 136 valence electrons. The van der Waals surface area contributed by atoms with Crippen LogP contribution in [-0.4, -0.2) is 5.78 Å². The summed E-state index contributed by atoms with van der Waals surface area (Å²) in [6.07, 6.45) is 14.7. The van der Waals surface area contributed by atoms with Crippen molar-refractivity contribution in [3.8, 4) is 0 Å². The van der Waals surface area contributed by atoms with Gasteiger partial charge in [-0.2, -0.15) is 0 Å². The third kappa shape index (κ3) is 2.88. The van der Waals surface area contributed by atoms with Crippen LogP contribution in [-0.2, 0) is 0 Å². The van der Waals surface area contributed by atoms with E-state index in [9.17, 15) is 4.79 Å². The van der Waals surface area contributed by atoms with E-state index < -0.39 is 0 Å². The van der Waals surface area contributed by atoms with Gasteiger partial charge in [-0.25, -0.2) is 0 Å². The van der Waals surface area contributed by atoms with E-state index in [4.69, 9.17) is 0 Å². The molecular formula is C24H34O. The molecule has 0 radical (unpaired) electrons. The quantitative estimate of drug-likeness (QED) is 0.543. The van der Waals surface area contributed by atoms with Gasteiger partial charge in [0, 0.05) is 11.5 Å². The summed E-state index contributed by atoms with van der Waals surface area (Å²) in [5, 5.41) is 0. The van der Waals surface area contributed by atoms with Crippen molar-refractivity contribution in [2.24, 2.45) is 16.7 Å². The van der Waals surface area contributed by atoms with Crippen molar-refractivity contribution in [3.05, 3.63) is 35.4 Å². The summed E-state index contributed by atoms with van der Waals surface area (Å²) < 4.78 is 0. The first-order valence-electron chi connectivity index (χ1n) is 10.7. The minimum Gasteiger partial charge on any atom is -0.294 e. The van der Waals surface area contributed by atoms with Crippen LogP contribution in [0.4, 0.5) is 0 Å². The van der Waals surface area contributed by atoms with E-state index in [-0.39, 0.29) is 5.92 Å². The van der Waals surface area contributed by atoms with Crippen molar-refractivity contribution >= 4 is 5.78 Å². The second-order valence-electron chi connectivity index (χ2n) is 9.63. The maximum Gasteiger partial charge on any atom is 0.166 e. The Labute approximate surface area is 153 Å². The van der Waals surface area contributed by atoms with Crippen LogP contribution in [0, 0.1) is 16.7 Å². The average molecular weight is 339 g/mol. The van der Waals surface area contributed by atoms with Crippen molar-refractivity contribution in [2.75, 3.05) is 0 Å². The first-order valence-corrected chi connectivity index (χ1v) is 10.7. The van der Waals surface area contributed by atoms with Gasteiger partial charge >= 0.3 is 0 Å². The summed E-state index contributed by atoms with van der Waals surface area (Å²) in [5.41, 5.74) is 3.25. The summed E-state index contributed by atoms with van der Waals surface area (Å²) in [4.78, 5) is 13.0. The molecule has 0 aliphatic heterocycles. The molecule has 0 bridgehead atoms. The van der Waals surface area contributed by atoms with Crippen molar-refractivity contribution in [3.63, 3.8) is 0 Å². The van der Waals surface area contributed by atoms with Gasteiger partial charge in [-0.15, -0.1) is 0 Å². The lowest BCUT2D eigenvalue weighted by Gasteiger charge is -2.48. The zero-order chi connectivity index (χ0) is 17.5. The minimum absolute atomic E-state index is 0.261. The van der Waals surface area contributed by atoms with Gasteiger partial charge in [-0.05, 0) is 60.8 Å². The number of hydrogen-bond donors (Lipinski definition) is 0. The second kappa shape index (κ2) is 6.56. The molecule has 0 amide bonds. The van der Waals surface area contributed by atoms with E-state index in [0.29, 0.717) is 22.5 Å². The van der Waals surface area contributed by atoms with E-state index >= 15 is 0 Å². The van der Waals surface area contributed by atoms with E-state index in [1.165, 1.54) is 69.8 Å². The number of fused-ring (bicyclic) bond motifs is 3. The van der Waals surface area contributed by atoms with Gasteiger partial charge in [-0.1, -0.05) is 70.2 Å². The lowest BCUT2D eigenvalue weighted by Crippen LogP contribution is -2.38. The highest BCUT2D eigenvalue weighted by molar-refractivity contribution is 6.03.